The standard InChI is InChI=1S/C22H16BrCl2NO3/c1-28-21-12(11-27)10-18(24)22(26-21)29-19-9-8-14-13(4-2-5-15(14)19)16-6-3-7-17(23)20(16)25/h2-7,10-11,19H,8-9H2,1H3. The third kappa shape index (κ3) is 3.75. The van der Waals surface area contributed by atoms with Crippen LogP contribution in [-0.2, 0) is 6.42 Å². The summed E-state index contributed by atoms with van der Waals surface area (Å²) in [6, 6.07) is 13.5. The Morgan fingerprint density at radius 1 is 1.14 bits per heavy atom. The molecule has 0 amide bonds. The van der Waals surface area contributed by atoms with Crippen LogP contribution in [0.25, 0.3) is 11.1 Å². The summed E-state index contributed by atoms with van der Waals surface area (Å²) in [4.78, 5) is 15.4. The van der Waals surface area contributed by atoms with E-state index < -0.39 is 0 Å². The van der Waals surface area contributed by atoms with E-state index in [-0.39, 0.29) is 28.5 Å². The molecule has 29 heavy (non-hydrogen) atoms. The van der Waals surface area contributed by atoms with Crippen molar-refractivity contribution in [2.75, 3.05) is 7.11 Å². The van der Waals surface area contributed by atoms with Gasteiger partial charge in [0.15, 0.2) is 6.29 Å². The minimum atomic E-state index is -0.201. The highest BCUT2D eigenvalue weighted by Gasteiger charge is 2.28. The number of hydrogen-bond acceptors (Lipinski definition) is 4. The van der Waals surface area contributed by atoms with Gasteiger partial charge in [-0.25, -0.2) is 0 Å². The van der Waals surface area contributed by atoms with Crippen LogP contribution in [0, 0.1) is 0 Å². The zero-order valence-electron chi connectivity index (χ0n) is 15.4. The molecule has 1 aromatic heterocycles. The summed E-state index contributed by atoms with van der Waals surface area (Å²) < 4.78 is 12.2. The number of pyridine rings is 1. The maximum atomic E-state index is 11.1. The van der Waals surface area contributed by atoms with Gasteiger partial charge < -0.3 is 9.47 Å². The highest BCUT2D eigenvalue weighted by Crippen LogP contribution is 2.43. The molecule has 1 aliphatic carbocycles. The van der Waals surface area contributed by atoms with Crippen molar-refractivity contribution in [2.45, 2.75) is 18.9 Å². The summed E-state index contributed by atoms with van der Waals surface area (Å²) in [5.41, 5.74) is 4.63. The number of fused-ring (bicyclic) bond motifs is 1. The van der Waals surface area contributed by atoms with Gasteiger partial charge in [-0.3, -0.25) is 4.79 Å². The topological polar surface area (TPSA) is 48.4 Å². The lowest BCUT2D eigenvalue weighted by Gasteiger charge is -2.17. The fourth-order valence-electron chi connectivity index (χ4n) is 3.64. The largest absolute Gasteiger partial charge is 0.480 e. The normalized spacial score (nSPS) is 15.1. The van der Waals surface area contributed by atoms with E-state index >= 15 is 0 Å². The Balaban J connectivity index is 1.71. The zero-order chi connectivity index (χ0) is 20.5. The monoisotopic (exact) mass is 491 g/mol. The number of methoxy groups -OCH3 is 1. The number of carbonyl (C=O) groups excluding carboxylic acids is 1. The summed E-state index contributed by atoms with van der Waals surface area (Å²) in [7, 11) is 1.45. The number of ether oxygens (including phenoxy) is 2. The Kier molecular flexibility index (Phi) is 5.81. The van der Waals surface area contributed by atoms with Crippen LogP contribution in [0.5, 0.6) is 11.8 Å². The first-order valence-corrected chi connectivity index (χ1v) is 10.5. The molecule has 0 bridgehead atoms. The van der Waals surface area contributed by atoms with Gasteiger partial charge in [0.05, 0.1) is 17.7 Å². The van der Waals surface area contributed by atoms with Crippen LogP contribution >= 0.6 is 39.1 Å². The van der Waals surface area contributed by atoms with Gasteiger partial charge in [0, 0.05) is 10.0 Å². The molecule has 0 radical (unpaired) electrons. The number of hydrogen-bond donors (Lipinski definition) is 0. The number of rotatable bonds is 5. The summed E-state index contributed by atoms with van der Waals surface area (Å²) >= 11 is 16.3. The van der Waals surface area contributed by atoms with Crippen LogP contribution in [0.2, 0.25) is 10.0 Å². The highest BCUT2D eigenvalue weighted by molar-refractivity contribution is 9.10. The average Bonchev–Trinajstić information content (AvgIpc) is 3.14. The zero-order valence-corrected chi connectivity index (χ0v) is 18.5. The maximum Gasteiger partial charge on any atom is 0.236 e. The van der Waals surface area contributed by atoms with Crippen molar-refractivity contribution in [2.24, 2.45) is 0 Å². The second-order valence-electron chi connectivity index (χ2n) is 6.61. The molecule has 7 heteroatoms. The van der Waals surface area contributed by atoms with E-state index in [9.17, 15) is 4.79 Å². The minimum absolute atomic E-state index is 0.187. The van der Waals surface area contributed by atoms with Gasteiger partial charge in [0.2, 0.25) is 11.8 Å². The Morgan fingerprint density at radius 2 is 1.90 bits per heavy atom. The third-order valence-electron chi connectivity index (χ3n) is 4.97. The van der Waals surface area contributed by atoms with Crippen molar-refractivity contribution in [3.63, 3.8) is 0 Å². The van der Waals surface area contributed by atoms with Gasteiger partial charge in [0.1, 0.15) is 11.1 Å². The molecule has 1 atom stereocenters. The highest BCUT2D eigenvalue weighted by atomic mass is 79.9. The van der Waals surface area contributed by atoms with Crippen LogP contribution in [-0.4, -0.2) is 18.4 Å². The molecule has 0 saturated carbocycles. The van der Waals surface area contributed by atoms with E-state index in [4.69, 9.17) is 32.7 Å². The quantitative estimate of drug-likeness (QED) is 0.371. The van der Waals surface area contributed by atoms with Gasteiger partial charge in [-0.05, 0) is 57.6 Å². The van der Waals surface area contributed by atoms with Gasteiger partial charge >= 0.3 is 0 Å². The lowest BCUT2D eigenvalue weighted by molar-refractivity contribution is 0.111. The van der Waals surface area contributed by atoms with Crippen LogP contribution in [0.1, 0.15) is 34.0 Å². The maximum absolute atomic E-state index is 11.1. The predicted molar refractivity (Wildman–Crippen MR) is 117 cm³/mol. The number of aldehydes is 1. The third-order valence-corrected chi connectivity index (χ3v) is 6.54. The molecule has 1 aliphatic rings. The molecule has 3 aromatic rings. The molecule has 1 unspecified atom stereocenters. The molecular formula is C22H16BrCl2NO3. The van der Waals surface area contributed by atoms with E-state index in [1.807, 2.05) is 30.3 Å². The number of carbonyl (C=O) groups is 1. The van der Waals surface area contributed by atoms with E-state index in [1.165, 1.54) is 18.7 Å². The Hall–Kier alpha value is -2.08. The number of nitrogens with zero attached hydrogens (tertiary/aromatic N) is 1. The number of benzene rings is 2. The Labute approximate surface area is 186 Å². The van der Waals surface area contributed by atoms with Gasteiger partial charge in [0.25, 0.3) is 0 Å². The summed E-state index contributed by atoms with van der Waals surface area (Å²) in [5.74, 6) is 0.435. The van der Waals surface area contributed by atoms with E-state index in [0.29, 0.717) is 11.3 Å². The molecule has 1 heterocycles. The first-order chi connectivity index (χ1) is 14.0. The molecule has 0 saturated heterocycles. The molecule has 0 fully saturated rings. The molecule has 0 spiro atoms. The van der Waals surface area contributed by atoms with Gasteiger partial charge in [-0.2, -0.15) is 4.98 Å². The Bertz CT molecular complexity index is 1100. The smallest absolute Gasteiger partial charge is 0.236 e. The fourth-order valence-corrected chi connectivity index (χ4v) is 4.44. The van der Waals surface area contributed by atoms with Gasteiger partial charge in [-0.1, -0.05) is 53.5 Å². The van der Waals surface area contributed by atoms with E-state index in [0.717, 1.165) is 34.0 Å². The molecule has 4 nitrogen and oxygen atoms in total. The van der Waals surface area contributed by atoms with Gasteiger partial charge in [-0.15, -0.1) is 0 Å². The average molecular weight is 493 g/mol. The Morgan fingerprint density at radius 3 is 2.66 bits per heavy atom. The van der Waals surface area contributed by atoms with Crippen molar-refractivity contribution in [1.82, 2.24) is 4.98 Å². The molecule has 4 rings (SSSR count). The second-order valence-corrected chi connectivity index (χ2v) is 8.25. The van der Waals surface area contributed by atoms with Crippen LogP contribution in [0.4, 0.5) is 0 Å². The molecular weight excluding hydrogens is 477 g/mol. The van der Waals surface area contributed by atoms with Crippen LogP contribution in [0.15, 0.2) is 46.9 Å². The summed E-state index contributed by atoms with van der Waals surface area (Å²) in [5, 5.41) is 0.955. The minimum Gasteiger partial charge on any atom is -0.480 e. The van der Waals surface area contributed by atoms with Crippen molar-refractivity contribution < 1.29 is 14.3 Å². The fraction of sp³-hybridized carbons (Fsp3) is 0.182. The van der Waals surface area contributed by atoms with Crippen molar-refractivity contribution >= 4 is 45.4 Å². The van der Waals surface area contributed by atoms with Crippen molar-refractivity contribution in [1.29, 1.82) is 0 Å². The van der Waals surface area contributed by atoms with Crippen LogP contribution in [0.3, 0.4) is 0 Å². The predicted octanol–water partition coefficient (Wildman–Crippen LogP) is 6.71. The lowest BCUT2D eigenvalue weighted by Crippen LogP contribution is -2.07. The summed E-state index contributed by atoms with van der Waals surface area (Å²) in [6.45, 7) is 0. The van der Waals surface area contributed by atoms with E-state index in [2.05, 4.69) is 27.0 Å². The molecule has 0 aliphatic heterocycles. The summed E-state index contributed by atoms with van der Waals surface area (Å²) in [6.07, 6.45) is 2.08. The lowest BCUT2D eigenvalue weighted by atomic mass is 9.96. The first-order valence-electron chi connectivity index (χ1n) is 8.96. The number of halogens is 3. The molecule has 0 N–H and O–H groups in total. The SMILES string of the molecule is COc1nc(OC2CCc3c(-c4cccc(Br)c4Cl)cccc32)c(Cl)cc1C=O. The van der Waals surface area contributed by atoms with Crippen molar-refractivity contribution in [3.05, 3.63) is 73.7 Å². The molecule has 2 aromatic carbocycles. The first kappa shape index (κ1) is 20.2. The van der Waals surface area contributed by atoms with E-state index in [1.54, 1.807) is 0 Å². The number of aromatic nitrogens is 1. The van der Waals surface area contributed by atoms with Crippen LogP contribution < -0.4 is 9.47 Å². The van der Waals surface area contributed by atoms with Crippen molar-refractivity contribution in [3.8, 4) is 22.9 Å². The molecule has 148 valence electrons. The second kappa shape index (κ2) is 8.34.